The molecule has 0 aromatic rings. The van der Waals surface area contributed by atoms with E-state index in [2.05, 4.69) is 17.1 Å². The van der Waals surface area contributed by atoms with Gasteiger partial charge in [0.1, 0.15) is 5.54 Å². The number of hydrogen-bond donors (Lipinski definition) is 1. The highest BCUT2D eigenvalue weighted by atomic mass is 16.5. The first-order chi connectivity index (χ1) is 9.24. The molecule has 2 atom stereocenters. The zero-order chi connectivity index (χ0) is 15.4. The van der Waals surface area contributed by atoms with Gasteiger partial charge in [-0.25, -0.2) is 0 Å². The number of nitrogens with zero attached hydrogens (tertiary/aromatic N) is 1. The number of likely N-dealkylation sites (tertiary alicyclic amines) is 1. The van der Waals surface area contributed by atoms with Crippen LogP contribution in [0.4, 0.5) is 0 Å². The fraction of sp³-hybridized carbons (Fsp3) is 0.933. The van der Waals surface area contributed by atoms with Crippen LogP contribution in [0.5, 0.6) is 0 Å². The van der Waals surface area contributed by atoms with Gasteiger partial charge in [-0.15, -0.1) is 0 Å². The van der Waals surface area contributed by atoms with Crippen molar-refractivity contribution in [3.05, 3.63) is 0 Å². The van der Waals surface area contributed by atoms with E-state index < -0.39 is 5.54 Å². The molecule has 1 N–H and O–H groups in total. The lowest BCUT2D eigenvalue weighted by Gasteiger charge is -2.43. The molecule has 5 nitrogen and oxygen atoms in total. The third-order valence-corrected chi connectivity index (χ3v) is 4.01. The Labute approximate surface area is 123 Å². The maximum Gasteiger partial charge on any atom is 0.327 e. The van der Waals surface area contributed by atoms with E-state index in [1.165, 1.54) is 7.11 Å². The van der Waals surface area contributed by atoms with Crippen LogP contribution >= 0.6 is 0 Å². The predicted octanol–water partition coefficient (Wildman–Crippen LogP) is 1.42. The zero-order valence-electron chi connectivity index (χ0n) is 13.8. The molecule has 0 aromatic carbocycles. The summed E-state index contributed by atoms with van der Waals surface area (Å²) in [4.78, 5) is 14.4. The maximum absolute atomic E-state index is 12.1. The molecule has 0 bridgehead atoms. The Hall–Kier alpha value is -0.650. The molecule has 1 heterocycles. The highest BCUT2D eigenvalue weighted by molar-refractivity contribution is 5.80. The van der Waals surface area contributed by atoms with Gasteiger partial charge in [-0.3, -0.25) is 15.0 Å². The molecule has 0 saturated carbocycles. The number of hydrogen-bond acceptors (Lipinski definition) is 5. The molecular formula is C15H30N2O3. The molecule has 0 amide bonds. The molecule has 0 aliphatic carbocycles. The number of ether oxygens (including phenoxy) is 2. The van der Waals surface area contributed by atoms with Crippen LogP contribution in [0.2, 0.25) is 0 Å². The average molecular weight is 286 g/mol. The molecule has 1 aliphatic heterocycles. The van der Waals surface area contributed by atoms with Crippen LogP contribution in [0.1, 0.15) is 40.5 Å². The summed E-state index contributed by atoms with van der Waals surface area (Å²) < 4.78 is 10.6. The van der Waals surface area contributed by atoms with E-state index in [9.17, 15) is 4.79 Å². The summed E-state index contributed by atoms with van der Waals surface area (Å²) in [5.41, 5.74) is -0.804. The summed E-state index contributed by atoms with van der Waals surface area (Å²) in [5, 5.41) is 3.34. The number of piperidine rings is 1. The molecule has 118 valence electrons. The Morgan fingerprint density at radius 3 is 2.60 bits per heavy atom. The lowest BCUT2D eigenvalue weighted by Crippen LogP contribution is -2.61. The second-order valence-electron chi connectivity index (χ2n) is 6.59. The quantitative estimate of drug-likeness (QED) is 0.748. The Balaban J connectivity index is 2.77. The summed E-state index contributed by atoms with van der Waals surface area (Å²) in [6, 6.07) is 0.220. The van der Waals surface area contributed by atoms with Gasteiger partial charge in [0, 0.05) is 26.2 Å². The molecule has 1 aliphatic rings. The van der Waals surface area contributed by atoms with Gasteiger partial charge in [0.15, 0.2) is 0 Å². The first-order valence-corrected chi connectivity index (χ1v) is 7.38. The molecule has 0 spiro atoms. The Morgan fingerprint density at radius 1 is 1.45 bits per heavy atom. The van der Waals surface area contributed by atoms with Crippen LogP contribution in [0, 0.1) is 0 Å². The van der Waals surface area contributed by atoms with Gasteiger partial charge in [0.2, 0.25) is 0 Å². The van der Waals surface area contributed by atoms with Crippen LogP contribution in [0.25, 0.3) is 0 Å². The minimum Gasteiger partial charge on any atom is -0.468 e. The van der Waals surface area contributed by atoms with Gasteiger partial charge in [-0.05, 0) is 47.1 Å². The van der Waals surface area contributed by atoms with E-state index in [1.54, 1.807) is 7.11 Å². The van der Waals surface area contributed by atoms with E-state index in [-0.39, 0.29) is 17.6 Å². The van der Waals surface area contributed by atoms with Crippen molar-refractivity contribution in [2.24, 2.45) is 0 Å². The van der Waals surface area contributed by atoms with Crippen molar-refractivity contribution >= 4 is 5.97 Å². The summed E-state index contributed by atoms with van der Waals surface area (Å²) in [5.74, 6) is -0.212. The number of carbonyl (C=O) groups excluding carboxylic acids is 1. The molecule has 1 fully saturated rings. The molecule has 1 saturated heterocycles. The summed E-state index contributed by atoms with van der Waals surface area (Å²) in [6.45, 7) is 10.6. The molecule has 2 unspecified atom stereocenters. The van der Waals surface area contributed by atoms with Crippen LogP contribution in [0.15, 0.2) is 0 Å². The summed E-state index contributed by atoms with van der Waals surface area (Å²) in [7, 11) is 3.20. The topological polar surface area (TPSA) is 50.8 Å². The molecule has 5 heteroatoms. The maximum atomic E-state index is 12.1. The van der Waals surface area contributed by atoms with Crippen molar-refractivity contribution in [1.82, 2.24) is 10.2 Å². The second-order valence-corrected chi connectivity index (χ2v) is 6.59. The average Bonchev–Trinajstić information content (AvgIpc) is 2.36. The third-order valence-electron chi connectivity index (χ3n) is 4.01. The first kappa shape index (κ1) is 17.4. The van der Waals surface area contributed by atoms with Crippen LogP contribution in [-0.4, -0.2) is 61.9 Å². The van der Waals surface area contributed by atoms with Gasteiger partial charge in [0.25, 0.3) is 0 Å². The first-order valence-electron chi connectivity index (χ1n) is 7.38. The van der Waals surface area contributed by atoms with E-state index in [0.29, 0.717) is 6.54 Å². The smallest absolute Gasteiger partial charge is 0.327 e. The van der Waals surface area contributed by atoms with Gasteiger partial charge in [0.05, 0.1) is 12.7 Å². The Morgan fingerprint density at radius 2 is 2.10 bits per heavy atom. The highest BCUT2D eigenvalue weighted by Gasteiger charge is 2.40. The van der Waals surface area contributed by atoms with Gasteiger partial charge in [-0.1, -0.05) is 0 Å². The third kappa shape index (κ3) is 4.43. The van der Waals surface area contributed by atoms with Crippen molar-refractivity contribution in [2.45, 2.75) is 57.7 Å². The van der Waals surface area contributed by atoms with E-state index >= 15 is 0 Å². The molecule has 1 rings (SSSR count). The number of nitrogens with one attached hydrogen (secondary N) is 1. The lowest BCUT2D eigenvalue weighted by molar-refractivity contribution is -0.150. The molecular weight excluding hydrogens is 256 g/mol. The minimum atomic E-state index is -0.686. The fourth-order valence-electron chi connectivity index (χ4n) is 3.09. The van der Waals surface area contributed by atoms with Crippen LogP contribution in [0.3, 0.4) is 0 Å². The number of methoxy groups -OCH3 is 2. The molecule has 0 aromatic heterocycles. The number of carbonyl (C=O) groups is 1. The van der Waals surface area contributed by atoms with Crippen LogP contribution in [-0.2, 0) is 14.3 Å². The van der Waals surface area contributed by atoms with E-state index in [4.69, 9.17) is 9.47 Å². The normalized spacial score (nSPS) is 27.4. The SMILES string of the molecule is COC(=O)C(C)(CN1CCCC(C)(OC)C1)NC(C)C. The number of esters is 1. The lowest BCUT2D eigenvalue weighted by atomic mass is 9.92. The molecule has 20 heavy (non-hydrogen) atoms. The monoisotopic (exact) mass is 286 g/mol. The summed E-state index contributed by atoms with van der Waals surface area (Å²) >= 11 is 0. The van der Waals surface area contributed by atoms with E-state index in [0.717, 1.165) is 25.9 Å². The minimum absolute atomic E-state index is 0.118. The van der Waals surface area contributed by atoms with Crippen molar-refractivity contribution in [2.75, 3.05) is 33.9 Å². The van der Waals surface area contributed by atoms with E-state index in [1.807, 2.05) is 20.8 Å². The summed E-state index contributed by atoms with van der Waals surface area (Å²) in [6.07, 6.45) is 2.15. The Bertz CT molecular complexity index is 335. The largest absolute Gasteiger partial charge is 0.468 e. The van der Waals surface area contributed by atoms with Gasteiger partial charge >= 0.3 is 5.97 Å². The van der Waals surface area contributed by atoms with Crippen LogP contribution < -0.4 is 5.32 Å². The van der Waals surface area contributed by atoms with Gasteiger partial charge in [-0.2, -0.15) is 0 Å². The fourth-order valence-corrected chi connectivity index (χ4v) is 3.09. The standard InChI is InChI=1S/C15H30N2O3/c1-12(2)16-15(4,13(18)19-5)11-17-9-7-8-14(3,10-17)20-6/h12,16H,7-11H2,1-6H3. The van der Waals surface area contributed by atoms with Gasteiger partial charge < -0.3 is 9.47 Å². The highest BCUT2D eigenvalue weighted by Crippen LogP contribution is 2.25. The predicted molar refractivity (Wildman–Crippen MR) is 79.8 cm³/mol. The number of rotatable bonds is 6. The zero-order valence-corrected chi connectivity index (χ0v) is 13.8. The van der Waals surface area contributed by atoms with Crippen molar-refractivity contribution in [3.63, 3.8) is 0 Å². The van der Waals surface area contributed by atoms with Crippen molar-refractivity contribution < 1.29 is 14.3 Å². The van der Waals surface area contributed by atoms with Crippen molar-refractivity contribution in [1.29, 1.82) is 0 Å². The van der Waals surface area contributed by atoms with Crippen molar-refractivity contribution in [3.8, 4) is 0 Å². The molecule has 0 radical (unpaired) electrons. The Kier molecular flexibility index (Phi) is 5.98. The second kappa shape index (κ2) is 6.87.